The predicted octanol–water partition coefficient (Wildman–Crippen LogP) is -6.56. The number of aliphatic hydroxyl groups is 2. The standard InChI is InChI=1S/C49H80N18O12/c50-17-5-3-11-29(55)41(71)65-40(37(69)24-54)46(76)66-39(36(68)23-53)45(75)60-26-38(70)61-32(14-7-19-52)47(77)67-21-9-16-35(67)44(74)64-34(22-27-25-59-30-12-2-1-10-28(27)30)43(73)62-31(13-4-6-18-51)42(72)63-33(48(78)79)15-8-20-58-49(56)57/h1-2,10,12,15,25,29,31,34-37,39-40,59,68-69H,3-9,11,13-14,16-24,26,50-55H2,(H,60,75)(H,62,73)(H,63,72)(H,64,74)(H,65,71)(H,66,76)(H,78,79)(H4,56,57,58)/b33-15-,61-32?/t29-,31-,34-,35-,36-,37-,39-,40-/m0/s1. The summed E-state index contributed by atoms with van der Waals surface area (Å²) < 4.78 is 0. The number of benzene rings is 1. The number of carboxylic acid groups (broad SMARTS) is 1. The molecule has 1 aromatic carbocycles. The molecule has 30 heteroatoms. The molecule has 3 rings (SSSR count). The number of likely N-dealkylation sites (tertiary alicyclic amines) is 1. The third kappa shape index (κ3) is 21.4. The molecule has 2 heterocycles. The fourth-order valence-electron chi connectivity index (χ4n) is 8.32. The van der Waals surface area contributed by atoms with Crippen molar-refractivity contribution in [2.24, 2.45) is 55.9 Å². The average molecular weight is 1110 g/mol. The van der Waals surface area contributed by atoms with Gasteiger partial charge >= 0.3 is 5.97 Å². The Morgan fingerprint density at radius 1 is 0.759 bits per heavy atom. The highest BCUT2D eigenvalue weighted by atomic mass is 16.4. The molecule has 0 radical (unpaired) electrons. The highest BCUT2D eigenvalue weighted by Crippen LogP contribution is 2.22. The van der Waals surface area contributed by atoms with Gasteiger partial charge in [-0.1, -0.05) is 30.7 Å². The molecule has 2 aromatic rings. The number of hydrogen-bond donors (Lipinski definition) is 18. The molecule has 0 aliphatic carbocycles. The van der Waals surface area contributed by atoms with Crippen molar-refractivity contribution in [1.82, 2.24) is 41.8 Å². The number of nitrogens with two attached hydrogens (primary N) is 8. The Morgan fingerprint density at radius 2 is 1.39 bits per heavy atom. The summed E-state index contributed by atoms with van der Waals surface area (Å²) in [5, 5.41) is 46.4. The van der Waals surface area contributed by atoms with E-state index in [0.717, 1.165) is 10.9 Å². The van der Waals surface area contributed by atoms with Gasteiger partial charge in [-0.2, -0.15) is 0 Å². The van der Waals surface area contributed by atoms with Crippen molar-refractivity contribution in [2.75, 3.05) is 52.4 Å². The van der Waals surface area contributed by atoms with Gasteiger partial charge in [-0.05, 0) is 95.5 Å². The number of H-pyrrole nitrogens is 1. The quantitative estimate of drug-likeness (QED) is 0.0132. The number of aliphatic carboxylic acids is 1. The Morgan fingerprint density at radius 3 is 2.03 bits per heavy atom. The van der Waals surface area contributed by atoms with Crippen molar-refractivity contribution in [2.45, 2.75) is 126 Å². The van der Waals surface area contributed by atoms with E-state index in [-0.39, 0.29) is 82.8 Å². The maximum atomic E-state index is 14.4. The van der Waals surface area contributed by atoms with Gasteiger partial charge in [0.1, 0.15) is 41.6 Å². The van der Waals surface area contributed by atoms with Gasteiger partial charge in [0.15, 0.2) is 5.96 Å². The maximum Gasteiger partial charge on any atom is 0.352 e. The third-order valence-corrected chi connectivity index (χ3v) is 12.6. The lowest BCUT2D eigenvalue weighted by molar-refractivity contribution is -0.137. The van der Waals surface area contributed by atoms with Crippen LogP contribution in [0.25, 0.3) is 10.9 Å². The molecule has 26 N–H and O–H groups in total. The first kappa shape index (κ1) is 65.8. The van der Waals surface area contributed by atoms with Crippen LogP contribution in [0.2, 0.25) is 0 Å². The first-order valence-electron chi connectivity index (χ1n) is 26.1. The van der Waals surface area contributed by atoms with E-state index in [0.29, 0.717) is 44.2 Å². The van der Waals surface area contributed by atoms with Crippen LogP contribution in [0.1, 0.15) is 76.2 Å². The minimum atomic E-state index is -1.85. The number of guanidine groups is 1. The number of aromatic amines is 1. The maximum absolute atomic E-state index is 14.4. The molecule has 1 aliphatic heterocycles. The lowest BCUT2D eigenvalue weighted by Crippen LogP contribution is -2.63. The number of aromatic nitrogens is 1. The Bertz CT molecular complexity index is 2480. The molecule has 79 heavy (non-hydrogen) atoms. The number of carbonyl (C=O) groups is 9. The Balaban J connectivity index is 1.87. The van der Waals surface area contributed by atoms with Crippen molar-refractivity contribution >= 4 is 75.8 Å². The summed E-state index contributed by atoms with van der Waals surface area (Å²) in [6.45, 7) is -1.23. The predicted molar refractivity (Wildman–Crippen MR) is 291 cm³/mol. The van der Waals surface area contributed by atoms with Gasteiger partial charge in [0.2, 0.25) is 35.4 Å². The Labute approximate surface area is 456 Å². The number of nitrogens with one attached hydrogen (secondary N) is 7. The molecule has 0 saturated carbocycles. The van der Waals surface area contributed by atoms with Gasteiger partial charge in [0, 0.05) is 49.7 Å². The molecule has 1 fully saturated rings. The molecule has 1 aromatic heterocycles. The fourth-order valence-corrected chi connectivity index (χ4v) is 8.32. The Kier molecular flexibility index (Phi) is 28.7. The zero-order chi connectivity index (χ0) is 58.6. The molecule has 30 nitrogen and oxygen atoms in total. The van der Waals surface area contributed by atoms with Gasteiger partial charge in [-0.3, -0.25) is 43.3 Å². The van der Waals surface area contributed by atoms with Crippen LogP contribution in [0, 0.1) is 0 Å². The van der Waals surface area contributed by atoms with Gasteiger partial charge in [-0.25, -0.2) is 9.79 Å². The van der Waals surface area contributed by atoms with Crippen molar-refractivity contribution in [1.29, 1.82) is 0 Å². The van der Waals surface area contributed by atoms with E-state index in [1.54, 1.807) is 24.4 Å². The van der Waals surface area contributed by atoms with Crippen LogP contribution in [-0.4, -0.2) is 191 Å². The average Bonchev–Trinajstić information content (AvgIpc) is 4.15. The van der Waals surface area contributed by atoms with E-state index in [9.17, 15) is 58.5 Å². The van der Waals surface area contributed by atoms with Crippen LogP contribution in [0.3, 0.4) is 0 Å². The van der Waals surface area contributed by atoms with Crippen molar-refractivity contribution in [3.63, 3.8) is 0 Å². The van der Waals surface area contributed by atoms with E-state index >= 15 is 0 Å². The SMILES string of the molecule is NCCCC[C@H](NC(=O)[C@H](Cc1c[nH]c2ccccc12)NC(=O)[C@@H]1CCCN1C(=O)C(CCCN)=NC(=O)CNC(=O)[C@@H](NC(=O)[C@@H](NC(=O)[C@@H](N)CCCCN)[C@@H](O)CN)[C@@H](O)CN)C(=O)N/C(=C\CCN=C(N)N)C(=O)O. The summed E-state index contributed by atoms with van der Waals surface area (Å²) in [6.07, 6.45) is 1.95. The van der Waals surface area contributed by atoms with Crippen LogP contribution in [0.5, 0.6) is 0 Å². The first-order valence-corrected chi connectivity index (χ1v) is 26.1. The van der Waals surface area contributed by atoms with E-state index in [1.807, 2.05) is 6.07 Å². The number of aliphatic imine (C=N–C) groups is 2. The zero-order valence-electron chi connectivity index (χ0n) is 44.2. The molecule has 438 valence electrons. The summed E-state index contributed by atoms with van der Waals surface area (Å²) in [5.74, 6) is -9.11. The molecule has 8 atom stereocenters. The minimum absolute atomic E-state index is 0.0243. The molecule has 0 spiro atoms. The van der Waals surface area contributed by atoms with Crippen molar-refractivity contribution in [3.05, 3.63) is 47.8 Å². The molecule has 8 amide bonds. The number of carboxylic acids is 1. The fraction of sp³-hybridized carbons (Fsp3) is 0.571. The van der Waals surface area contributed by atoms with Gasteiger partial charge in [0.25, 0.3) is 11.8 Å². The number of para-hydroxylation sites is 1. The summed E-state index contributed by atoms with van der Waals surface area (Å²) >= 11 is 0. The number of rotatable bonds is 35. The van der Waals surface area contributed by atoms with Crippen molar-refractivity contribution < 1.29 is 58.5 Å². The lowest BCUT2D eigenvalue weighted by atomic mass is 10.0. The van der Waals surface area contributed by atoms with Crippen LogP contribution in [0.15, 0.2) is 52.2 Å². The van der Waals surface area contributed by atoms with Crippen LogP contribution in [-0.2, 0) is 49.6 Å². The smallest absolute Gasteiger partial charge is 0.352 e. The van der Waals surface area contributed by atoms with E-state index < -0.39 is 127 Å². The second-order valence-corrected chi connectivity index (χ2v) is 18.7. The second kappa shape index (κ2) is 34.4. The summed E-state index contributed by atoms with van der Waals surface area (Å²) in [4.78, 5) is 134. The molecule has 0 bridgehead atoms. The number of unbranched alkanes of at least 4 members (excludes halogenated alkanes) is 2. The van der Waals surface area contributed by atoms with Crippen LogP contribution < -0.4 is 77.8 Å². The van der Waals surface area contributed by atoms with Crippen LogP contribution in [0.4, 0.5) is 0 Å². The van der Waals surface area contributed by atoms with Crippen LogP contribution >= 0.6 is 0 Å². The molecule has 1 aliphatic rings. The normalized spacial score (nSPS) is 16.3. The summed E-state index contributed by atoms with van der Waals surface area (Å²) in [6, 6.07) is -1.36. The van der Waals surface area contributed by atoms with E-state index in [1.165, 1.54) is 11.0 Å². The second-order valence-electron chi connectivity index (χ2n) is 18.7. The molecular weight excluding hydrogens is 1030 g/mol. The minimum Gasteiger partial charge on any atom is -0.477 e. The number of amides is 8. The zero-order valence-corrected chi connectivity index (χ0v) is 44.2. The number of hydrogen-bond acceptors (Lipinski definition) is 18. The monoisotopic (exact) mass is 1110 g/mol. The number of nitrogens with zero attached hydrogens (tertiary/aromatic N) is 3. The van der Waals surface area contributed by atoms with Gasteiger partial charge in [0.05, 0.1) is 24.8 Å². The number of aliphatic hydroxyl groups excluding tert-OH is 2. The topological polar surface area (TPSA) is 538 Å². The first-order chi connectivity index (χ1) is 37.7. The lowest BCUT2D eigenvalue weighted by Gasteiger charge is -2.28. The summed E-state index contributed by atoms with van der Waals surface area (Å²) in [7, 11) is 0. The molecular formula is C49H80N18O12. The van der Waals surface area contributed by atoms with Crippen molar-refractivity contribution in [3.8, 4) is 0 Å². The highest BCUT2D eigenvalue weighted by molar-refractivity contribution is 6.40. The molecule has 1 saturated heterocycles. The van der Waals surface area contributed by atoms with E-state index in [2.05, 4.69) is 46.9 Å². The highest BCUT2D eigenvalue weighted by Gasteiger charge is 2.39. The van der Waals surface area contributed by atoms with Gasteiger partial charge in [-0.15, -0.1) is 0 Å². The Hall–Kier alpha value is -7.45. The third-order valence-electron chi connectivity index (χ3n) is 12.6. The van der Waals surface area contributed by atoms with E-state index in [4.69, 9.17) is 45.9 Å². The summed E-state index contributed by atoms with van der Waals surface area (Å²) in [5.41, 5.74) is 45.4. The number of fused-ring (bicyclic) bond motifs is 1. The van der Waals surface area contributed by atoms with Gasteiger partial charge < -0.3 is 103 Å². The number of carbonyl (C=O) groups excluding carboxylic acids is 8. The largest absolute Gasteiger partial charge is 0.477 e. The molecule has 0 unspecified atom stereocenters.